The molecular formula is C2H8Na2O2. The molecule has 0 aliphatic carbocycles. The van der Waals surface area contributed by atoms with Gasteiger partial charge < -0.3 is 7.96 Å². The summed E-state index contributed by atoms with van der Waals surface area (Å²) >= 11 is 0. The first-order chi connectivity index (χ1) is 1.73. The van der Waals surface area contributed by atoms with Gasteiger partial charge in [0.1, 0.15) is 0 Å². The van der Waals surface area contributed by atoms with Crippen LogP contribution in [0.25, 0.3) is 0 Å². The summed E-state index contributed by atoms with van der Waals surface area (Å²) in [6.45, 7) is 1.08. The van der Waals surface area contributed by atoms with Crippen molar-refractivity contribution in [3.05, 3.63) is 0 Å². The topological polar surface area (TPSA) is 37.3 Å². The summed E-state index contributed by atoms with van der Waals surface area (Å²) in [6.07, 6.45) is 0. The standard InChI is InChI=1S/C2H4O2.2Na.H2.2H/c1-2(3)4;;;;;/h1H3,(H,3,4);;;1H;;/q;2*+1;;2*-1. The molecule has 0 unspecified atom stereocenters. The van der Waals surface area contributed by atoms with Gasteiger partial charge in [0.2, 0.25) is 0 Å². The Morgan fingerprint density at radius 2 is 1.83 bits per heavy atom. The third kappa shape index (κ3) is 50.6. The summed E-state index contributed by atoms with van der Waals surface area (Å²) < 4.78 is 0. The molecule has 0 rings (SSSR count). The molecule has 0 amide bonds. The van der Waals surface area contributed by atoms with Gasteiger partial charge in [0.05, 0.1) is 0 Å². The summed E-state index contributed by atoms with van der Waals surface area (Å²) in [5, 5.41) is 7.42. The van der Waals surface area contributed by atoms with E-state index < -0.39 is 5.97 Å². The Morgan fingerprint density at radius 3 is 1.83 bits per heavy atom. The van der Waals surface area contributed by atoms with Crippen molar-refractivity contribution in [2.45, 2.75) is 6.92 Å². The Hall–Kier alpha value is 1.47. The second-order valence-electron chi connectivity index (χ2n) is 0.519. The molecule has 2 nitrogen and oxygen atoms in total. The van der Waals surface area contributed by atoms with Gasteiger partial charge in [-0.2, -0.15) is 0 Å². The monoisotopic (exact) mass is 110 g/mol. The fourth-order valence-corrected chi connectivity index (χ4v) is 0. The minimum Gasteiger partial charge on any atom is -1.00 e. The Balaban J connectivity index is -0.00000000450. The zero-order valence-corrected chi connectivity index (χ0v) is 8.36. The summed E-state index contributed by atoms with van der Waals surface area (Å²) in [4.78, 5) is 9.00. The van der Waals surface area contributed by atoms with Gasteiger partial charge in [-0.15, -0.1) is 0 Å². The van der Waals surface area contributed by atoms with Gasteiger partial charge in [-0.25, -0.2) is 0 Å². The van der Waals surface area contributed by atoms with Crippen molar-refractivity contribution in [2.75, 3.05) is 0 Å². The van der Waals surface area contributed by atoms with Gasteiger partial charge in [-0.3, -0.25) is 4.79 Å². The van der Waals surface area contributed by atoms with Gasteiger partial charge >= 0.3 is 59.1 Å². The zero-order valence-electron chi connectivity index (χ0n) is 6.36. The van der Waals surface area contributed by atoms with Crippen molar-refractivity contribution in [2.24, 2.45) is 0 Å². The SMILES string of the molecule is CC(=O)O.[H-].[H-].[HH].[Na+].[Na+]. The number of hydrogen-bond donors (Lipinski definition) is 1. The average Bonchev–Trinajstić information content (AvgIpc) is 0.811. The van der Waals surface area contributed by atoms with Crippen LogP contribution in [-0.2, 0) is 4.79 Å². The summed E-state index contributed by atoms with van der Waals surface area (Å²) in [5.74, 6) is -0.833. The fourth-order valence-electron chi connectivity index (χ4n) is 0. The van der Waals surface area contributed by atoms with Crippen molar-refractivity contribution in [1.29, 1.82) is 0 Å². The minimum absolute atomic E-state index is 0. The summed E-state index contributed by atoms with van der Waals surface area (Å²) in [5.41, 5.74) is 0. The molecule has 0 fully saturated rings. The van der Waals surface area contributed by atoms with E-state index in [9.17, 15) is 0 Å². The van der Waals surface area contributed by atoms with Gasteiger partial charge in [-0.05, 0) is 0 Å². The molecule has 0 atom stereocenters. The predicted molar refractivity (Wildman–Crippen MR) is 17.6 cm³/mol. The second-order valence-corrected chi connectivity index (χ2v) is 0.519. The summed E-state index contributed by atoms with van der Waals surface area (Å²) in [6, 6.07) is 0. The van der Waals surface area contributed by atoms with Gasteiger partial charge in [0.15, 0.2) is 0 Å². The zero-order chi connectivity index (χ0) is 3.58. The van der Waals surface area contributed by atoms with E-state index in [0.29, 0.717) is 0 Å². The maximum atomic E-state index is 9.00. The third-order valence-electron chi connectivity index (χ3n) is 0. The number of aliphatic carboxylic acids is 1. The van der Waals surface area contributed by atoms with E-state index >= 15 is 0 Å². The molecule has 1 N–H and O–H groups in total. The average molecular weight is 110 g/mol. The third-order valence-corrected chi connectivity index (χ3v) is 0. The van der Waals surface area contributed by atoms with E-state index in [1.165, 1.54) is 0 Å². The van der Waals surface area contributed by atoms with Crippen molar-refractivity contribution in [3.63, 3.8) is 0 Å². The van der Waals surface area contributed by atoms with Crippen LogP contribution in [0.1, 0.15) is 11.2 Å². The first-order valence-electron chi connectivity index (χ1n) is 0.928. The fraction of sp³-hybridized carbons (Fsp3) is 0.500. The van der Waals surface area contributed by atoms with Crippen molar-refractivity contribution in [3.8, 4) is 0 Å². The van der Waals surface area contributed by atoms with Gasteiger partial charge in [0, 0.05) is 8.35 Å². The molecule has 6 heavy (non-hydrogen) atoms. The van der Waals surface area contributed by atoms with Crippen LogP contribution < -0.4 is 59.1 Å². The van der Waals surface area contributed by atoms with Crippen LogP contribution in [0, 0.1) is 0 Å². The second kappa shape index (κ2) is 9.69. The van der Waals surface area contributed by atoms with Gasteiger partial charge in [-0.1, -0.05) is 0 Å². The predicted octanol–water partition coefficient (Wildman–Crippen LogP) is -5.43. The van der Waals surface area contributed by atoms with Gasteiger partial charge in [0.25, 0.3) is 5.97 Å². The van der Waals surface area contributed by atoms with E-state index in [1.807, 2.05) is 0 Å². The quantitative estimate of drug-likeness (QED) is 0.316. The Bertz CT molecular complexity index is 40.8. The van der Waals surface area contributed by atoms with E-state index in [4.69, 9.17) is 9.90 Å². The Morgan fingerprint density at radius 1 is 1.83 bits per heavy atom. The van der Waals surface area contributed by atoms with Crippen LogP contribution in [0.4, 0.5) is 0 Å². The van der Waals surface area contributed by atoms with Crippen molar-refractivity contribution < 1.29 is 73.3 Å². The largest absolute Gasteiger partial charge is 1.00 e. The molecule has 0 radical (unpaired) electrons. The molecule has 30 valence electrons. The smallest absolute Gasteiger partial charge is 1.00 e. The van der Waals surface area contributed by atoms with Crippen LogP contribution in [-0.4, -0.2) is 11.1 Å². The molecule has 0 saturated carbocycles. The normalized spacial score (nSPS) is 4.17. The van der Waals surface area contributed by atoms with Crippen LogP contribution in [0.15, 0.2) is 0 Å². The maximum Gasteiger partial charge on any atom is 1.00 e. The van der Waals surface area contributed by atoms with Crippen molar-refractivity contribution in [1.82, 2.24) is 0 Å². The first kappa shape index (κ1) is 15.6. The molecule has 0 aliphatic heterocycles. The maximum absolute atomic E-state index is 9.00. The molecule has 0 aliphatic rings. The van der Waals surface area contributed by atoms with E-state index in [0.717, 1.165) is 6.92 Å². The molecule has 0 bridgehead atoms. The molecule has 0 heterocycles. The van der Waals surface area contributed by atoms with E-state index in [2.05, 4.69) is 0 Å². The molecule has 0 saturated heterocycles. The van der Waals surface area contributed by atoms with Crippen LogP contribution >= 0.6 is 0 Å². The molecule has 0 aromatic heterocycles. The summed E-state index contributed by atoms with van der Waals surface area (Å²) in [7, 11) is 0. The molecule has 0 aromatic carbocycles. The number of carboxylic acid groups (broad SMARTS) is 1. The Kier molecular flexibility index (Phi) is 25.3. The van der Waals surface area contributed by atoms with E-state index in [-0.39, 0.29) is 63.4 Å². The first-order valence-corrected chi connectivity index (χ1v) is 0.928. The number of carboxylic acids is 1. The Labute approximate surface area is 85.3 Å². The molecular weight excluding hydrogens is 102 g/mol. The van der Waals surface area contributed by atoms with Crippen LogP contribution in [0.2, 0.25) is 0 Å². The van der Waals surface area contributed by atoms with Crippen LogP contribution in [0.3, 0.4) is 0 Å². The number of hydrogen-bond acceptors (Lipinski definition) is 1. The molecule has 0 spiro atoms. The number of rotatable bonds is 0. The minimum atomic E-state index is -0.833. The number of carbonyl (C=O) groups is 1. The molecule has 4 heteroatoms. The molecule has 0 aromatic rings. The van der Waals surface area contributed by atoms with Crippen molar-refractivity contribution >= 4 is 5.97 Å². The van der Waals surface area contributed by atoms with E-state index in [1.54, 1.807) is 0 Å². The van der Waals surface area contributed by atoms with Crippen LogP contribution in [0.5, 0.6) is 0 Å².